The van der Waals surface area contributed by atoms with Crippen molar-refractivity contribution in [3.63, 3.8) is 0 Å². The Labute approximate surface area is 156 Å². The number of nitrogens with two attached hydrogens (primary N) is 1. The summed E-state index contributed by atoms with van der Waals surface area (Å²) in [5.41, 5.74) is 7.75. The molecular formula is C18H17ClFN5O. The number of anilines is 3. The van der Waals surface area contributed by atoms with E-state index >= 15 is 0 Å². The molecule has 0 aliphatic heterocycles. The van der Waals surface area contributed by atoms with Crippen LogP contribution in [0.1, 0.15) is 15.9 Å². The highest BCUT2D eigenvalue weighted by Gasteiger charge is 2.11. The van der Waals surface area contributed by atoms with Gasteiger partial charge in [0.15, 0.2) is 12.4 Å². The summed E-state index contributed by atoms with van der Waals surface area (Å²) in [5, 5.41) is 5.82. The van der Waals surface area contributed by atoms with E-state index in [2.05, 4.69) is 20.6 Å². The number of pyridine rings is 2. The summed E-state index contributed by atoms with van der Waals surface area (Å²) in [6.07, 6.45) is 3.31. The zero-order valence-electron chi connectivity index (χ0n) is 13.7. The molecule has 8 heteroatoms. The summed E-state index contributed by atoms with van der Waals surface area (Å²) < 4.78 is 12.9. The van der Waals surface area contributed by atoms with Gasteiger partial charge >= 0.3 is 0 Å². The Morgan fingerprint density at radius 1 is 1.15 bits per heavy atom. The van der Waals surface area contributed by atoms with Crippen LogP contribution in [0.4, 0.5) is 21.7 Å². The van der Waals surface area contributed by atoms with Crippen molar-refractivity contribution < 1.29 is 26.6 Å². The third kappa shape index (κ3) is 4.90. The lowest BCUT2D eigenvalue weighted by Gasteiger charge is -2.10. The number of amides is 1. The molecule has 2 heterocycles. The molecule has 26 heavy (non-hydrogen) atoms. The van der Waals surface area contributed by atoms with Gasteiger partial charge in [0.25, 0.3) is 5.91 Å². The molecule has 134 valence electrons. The monoisotopic (exact) mass is 373 g/mol. The van der Waals surface area contributed by atoms with Crippen LogP contribution in [-0.4, -0.2) is 10.9 Å². The van der Waals surface area contributed by atoms with Crippen LogP contribution in [0.2, 0.25) is 0 Å². The minimum atomic E-state index is -0.280. The highest BCUT2D eigenvalue weighted by atomic mass is 35.5. The van der Waals surface area contributed by atoms with Gasteiger partial charge in [0.1, 0.15) is 23.0 Å². The van der Waals surface area contributed by atoms with Crippen LogP contribution in [0, 0.1) is 5.82 Å². The molecule has 3 aromatic rings. The lowest BCUT2D eigenvalue weighted by atomic mass is 10.2. The number of hydrogen-bond donors (Lipinski definition) is 3. The largest absolute Gasteiger partial charge is 1.00 e. The van der Waals surface area contributed by atoms with E-state index in [0.717, 1.165) is 5.56 Å². The number of nitrogens with one attached hydrogen (secondary N) is 3. The van der Waals surface area contributed by atoms with E-state index < -0.39 is 0 Å². The SMILES string of the molecule is Nc1nc(NCc2ccc(F)cc2)ccc1NC(=O)c1ccc[nH+]c1.[Cl-]. The number of halogens is 2. The fraction of sp³-hybridized carbons (Fsp3) is 0.0556. The standard InChI is InChI=1S/C18H16FN5O.ClH/c19-14-5-3-12(4-6-14)10-22-16-8-7-15(17(20)24-16)23-18(25)13-2-1-9-21-11-13;/h1-9,11H,10H2,(H,23,25)(H3,20,22,24);1H. The van der Waals surface area contributed by atoms with Crippen LogP contribution in [0.5, 0.6) is 0 Å². The quantitative estimate of drug-likeness (QED) is 0.561. The van der Waals surface area contributed by atoms with E-state index in [0.29, 0.717) is 23.6 Å². The molecule has 1 amide bonds. The Morgan fingerprint density at radius 3 is 2.58 bits per heavy atom. The molecule has 3 rings (SSSR count). The number of benzene rings is 1. The van der Waals surface area contributed by atoms with Crippen LogP contribution < -0.4 is 33.8 Å². The van der Waals surface area contributed by atoms with Gasteiger partial charge in [0, 0.05) is 12.6 Å². The van der Waals surface area contributed by atoms with Gasteiger partial charge in [-0.2, -0.15) is 0 Å². The first kappa shape index (κ1) is 19.1. The first-order valence-corrected chi connectivity index (χ1v) is 7.64. The minimum absolute atomic E-state index is 0. The average Bonchev–Trinajstić information content (AvgIpc) is 2.64. The van der Waals surface area contributed by atoms with Crippen LogP contribution >= 0.6 is 0 Å². The van der Waals surface area contributed by atoms with Crippen molar-refractivity contribution in [2.75, 3.05) is 16.4 Å². The van der Waals surface area contributed by atoms with Gasteiger partial charge in [0.05, 0.1) is 5.69 Å². The Bertz CT molecular complexity index is 875. The summed E-state index contributed by atoms with van der Waals surface area (Å²) in [6.45, 7) is 0.484. The molecule has 0 saturated heterocycles. The Balaban J connectivity index is 0.00000243. The van der Waals surface area contributed by atoms with Crippen LogP contribution in [-0.2, 0) is 6.54 Å². The smallest absolute Gasteiger partial charge is 0.261 e. The van der Waals surface area contributed by atoms with Gasteiger partial charge in [-0.05, 0) is 35.9 Å². The highest BCUT2D eigenvalue weighted by Crippen LogP contribution is 2.20. The number of rotatable bonds is 5. The van der Waals surface area contributed by atoms with Crippen molar-refractivity contribution in [2.24, 2.45) is 0 Å². The topological polar surface area (TPSA) is 94.2 Å². The van der Waals surface area contributed by atoms with Gasteiger partial charge in [0.2, 0.25) is 0 Å². The first-order valence-electron chi connectivity index (χ1n) is 7.64. The second-order valence-electron chi connectivity index (χ2n) is 5.36. The molecule has 6 nitrogen and oxygen atoms in total. The summed E-state index contributed by atoms with van der Waals surface area (Å²) in [7, 11) is 0. The zero-order valence-corrected chi connectivity index (χ0v) is 14.4. The van der Waals surface area contributed by atoms with Gasteiger partial charge in [-0.3, -0.25) is 4.79 Å². The van der Waals surface area contributed by atoms with Crippen molar-refractivity contribution in [1.82, 2.24) is 4.98 Å². The maximum Gasteiger partial charge on any atom is 0.261 e. The van der Waals surface area contributed by atoms with Gasteiger partial charge in [-0.15, -0.1) is 0 Å². The lowest BCUT2D eigenvalue weighted by molar-refractivity contribution is -0.378. The Kier molecular flexibility index (Phi) is 6.46. The fourth-order valence-electron chi connectivity index (χ4n) is 2.20. The zero-order chi connectivity index (χ0) is 17.6. The maximum atomic E-state index is 12.9. The predicted octanol–water partition coefficient (Wildman–Crippen LogP) is -0.515. The lowest BCUT2D eigenvalue weighted by Crippen LogP contribution is -3.00. The molecule has 0 spiro atoms. The molecular weight excluding hydrogens is 357 g/mol. The van der Waals surface area contributed by atoms with Gasteiger partial charge in [-0.1, -0.05) is 12.1 Å². The van der Waals surface area contributed by atoms with E-state index in [1.807, 2.05) is 0 Å². The number of carbonyl (C=O) groups is 1. The number of aromatic nitrogens is 2. The highest BCUT2D eigenvalue weighted by molar-refractivity contribution is 6.05. The molecule has 0 bridgehead atoms. The molecule has 0 unspecified atom stereocenters. The normalized spacial score (nSPS) is 9.88. The summed E-state index contributed by atoms with van der Waals surface area (Å²) in [6, 6.07) is 13.0. The number of aromatic amines is 1. The van der Waals surface area contributed by atoms with Crippen molar-refractivity contribution in [2.45, 2.75) is 6.54 Å². The summed E-state index contributed by atoms with van der Waals surface area (Å²) >= 11 is 0. The minimum Gasteiger partial charge on any atom is -1.00 e. The molecule has 0 saturated carbocycles. The van der Waals surface area contributed by atoms with Crippen molar-refractivity contribution >= 4 is 23.2 Å². The fourth-order valence-corrected chi connectivity index (χ4v) is 2.20. The van der Waals surface area contributed by atoms with Crippen LogP contribution in [0.25, 0.3) is 0 Å². The van der Waals surface area contributed by atoms with Gasteiger partial charge < -0.3 is 28.8 Å². The second kappa shape index (κ2) is 8.77. The molecule has 0 radical (unpaired) electrons. The molecule has 5 N–H and O–H groups in total. The summed E-state index contributed by atoms with van der Waals surface area (Å²) in [4.78, 5) is 19.2. The average molecular weight is 374 g/mol. The number of carbonyl (C=O) groups excluding carboxylic acids is 1. The van der Waals surface area contributed by atoms with E-state index in [1.165, 1.54) is 12.1 Å². The third-order valence-electron chi connectivity index (χ3n) is 3.53. The second-order valence-corrected chi connectivity index (χ2v) is 5.36. The number of nitrogens with zero attached hydrogens (tertiary/aromatic N) is 1. The maximum absolute atomic E-state index is 12.9. The molecule has 2 aromatic heterocycles. The van der Waals surface area contributed by atoms with E-state index in [1.54, 1.807) is 48.8 Å². The third-order valence-corrected chi connectivity index (χ3v) is 3.53. The Hall–Kier alpha value is -3.19. The number of hydrogen-bond acceptors (Lipinski definition) is 4. The van der Waals surface area contributed by atoms with Crippen LogP contribution in [0.15, 0.2) is 60.9 Å². The van der Waals surface area contributed by atoms with E-state index in [9.17, 15) is 9.18 Å². The number of nitrogen functional groups attached to an aromatic ring is 1. The Morgan fingerprint density at radius 2 is 1.92 bits per heavy atom. The molecule has 0 aliphatic rings. The molecule has 0 atom stereocenters. The van der Waals surface area contributed by atoms with E-state index in [4.69, 9.17) is 5.73 Å². The van der Waals surface area contributed by atoms with Crippen LogP contribution in [0.3, 0.4) is 0 Å². The molecule has 0 aliphatic carbocycles. The van der Waals surface area contributed by atoms with Crippen molar-refractivity contribution in [1.29, 1.82) is 0 Å². The van der Waals surface area contributed by atoms with Crippen molar-refractivity contribution in [3.8, 4) is 0 Å². The van der Waals surface area contributed by atoms with E-state index in [-0.39, 0.29) is 29.9 Å². The number of H-pyrrole nitrogens is 1. The first-order chi connectivity index (χ1) is 12.1. The van der Waals surface area contributed by atoms with Crippen molar-refractivity contribution in [3.05, 3.63) is 77.9 Å². The summed E-state index contributed by atoms with van der Waals surface area (Å²) in [5.74, 6) is 0.213. The molecule has 0 fully saturated rings. The van der Waals surface area contributed by atoms with Gasteiger partial charge in [-0.25, -0.2) is 14.4 Å². The predicted molar refractivity (Wildman–Crippen MR) is 93.3 cm³/mol. The molecule has 1 aromatic carbocycles.